The van der Waals surface area contributed by atoms with Crippen LogP contribution in [0.5, 0.6) is 0 Å². The van der Waals surface area contributed by atoms with Crippen molar-refractivity contribution in [3.63, 3.8) is 0 Å². The van der Waals surface area contributed by atoms with Gasteiger partial charge in [0.1, 0.15) is 0 Å². The molecule has 7 atom stereocenters. The van der Waals surface area contributed by atoms with Gasteiger partial charge in [0.05, 0.1) is 0 Å². The first-order valence-electron chi connectivity index (χ1n) is 23.0. The van der Waals surface area contributed by atoms with Crippen LogP contribution in [-0.2, 0) is 10.8 Å². The van der Waals surface area contributed by atoms with Gasteiger partial charge in [-0.15, -0.1) is 0 Å². The molecule has 0 aromatic heterocycles. The maximum atomic E-state index is 2.67. The Labute approximate surface area is 350 Å². The van der Waals surface area contributed by atoms with Crippen LogP contribution in [0.25, 0.3) is 44.2 Å². The fourth-order valence-corrected chi connectivity index (χ4v) is 14.9. The standard InChI is InChI=1S/C58H53N/c1-2-41-31-37-11-9-14-43(32-37)58(41)55-20-8-6-16-49(55)51-29-27-46(35-56(51)58)59(44-25-22-40(23-26-44)48-18-10-13-39-12-3-4-15-47(39)48)45-28-30-54-52(34-45)50-17-5-7-19-53(50)57(54)36-38-21-24-42(57)33-38/h3-8,10,12-13,15-20,22-23,25-30,34-35,37-38,41-43H,2,9,11,14,21,24,31-33,36H2,1H3. The molecule has 0 aliphatic heterocycles. The summed E-state index contributed by atoms with van der Waals surface area (Å²) >= 11 is 0. The van der Waals surface area contributed by atoms with Crippen LogP contribution >= 0.6 is 0 Å². The van der Waals surface area contributed by atoms with E-state index in [1.165, 1.54) is 125 Å². The first-order valence-corrected chi connectivity index (χ1v) is 23.0. The average Bonchev–Trinajstić information content (AvgIpc) is 4.05. The van der Waals surface area contributed by atoms with Crippen molar-refractivity contribution in [3.8, 4) is 33.4 Å². The molecule has 0 amide bonds. The Hall–Kier alpha value is -5.40. The minimum absolute atomic E-state index is 0.0720. The summed E-state index contributed by atoms with van der Waals surface area (Å²) in [6.45, 7) is 2.48. The normalized spacial score (nSPS) is 27.8. The van der Waals surface area contributed by atoms with E-state index in [0.29, 0.717) is 11.8 Å². The molecule has 7 aromatic carbocycles. The summed E-state index contributed by atoms with van der Waals surface area (Å²) in [7, 11) is 0. The maximum Gasteiger partial charge on any atom is 0.0468 e. The zero-order chi connectivity index (χ0) is 38.9. The summed E-state index contributed by atoms with van der Waals surface area (Å²) in [5.41, 5.74) is 18.8. The minimum atomic E-state index is 0.0720. The fraction of sp³-hybridized carbons (Fsp3) is 0.310. The molecule has 4 fully saturated rings. The highest BCUT2D eigenvalue weighted by Gasteiger charge is 2.58. The molecule has 7 aromatic rings. The van der Waals surface area contributed by atoms with Gasteiger partial charge in [-0.3, -0.25) is 0 Å². The second-order valence-electron chi connectivity index (χ2n) is 19.5. The Morgan fingerprint density at radius 3 is 2.00 bits per heavy atom. The lowest BCUT2D eigenvalue weighted by Gasteiger charge is -2.54. The van der Waals surface area contributed by atoms with Crippen LogP contribution in [0.4, 0.5) is 17.1 Å². The second-order valence-corrected chi connectivity index (χ2v) is 19.5. The molecular formula is C58H53N. The molecule has 0 heterocycles. The molecule has 1 heteroatoms. The smallest absolute Gasteiger partial charge is 0.0468 e. The molecule has 59 heavy (non-hydrogen) atoms. The number of anilines is 3. The highest BCUT2D eigenvalue weighted by Crippen LogP contribution is 2.67. The molecule has 290 valence electrons. The molecule has 13 rings (SSSR count). The van der Waals surface area contributed by atoms with Crippen molar-refractivity contribution >= 4 is 27.8 Å². The SMILES string of the molecule is CCC1CC2CCCC(C2)C12c1ccccc1-c1ccc(N(c3ccc(-c4cccc5ccccc45)cc3)c3ccc4c(c3)-c3ccccc3C43CC4CCC3C4)cc12. The van der Waals surface area contributed by atoms with Gasteiger partial charge in [-0.05, 0) is 171 Å². The second kappa shape index (κ2) is 12.8. The van der Waals surface area contributed by atoms with Crippen molar-refractivity contribution < 1.29 is 0 Å². The van der Waals surface area contributed by atoms with Crippen LogP contribution in [0.1, 0.15) is 93.4 Å². The van der Waals surface area contributed by atoms with Crippen molar-refractivity contribution in [2.24, 2.45) is 29.6 Å². The topological polar surface area (TPSA) is 3.24 Å². The molecule has 2 spiro atoms. The molecule has 7 unspecified atom stereocenters. The van der Waals surface area contributed by atoms with Gasteiger partial charge in [-0.2, -0.15) is 0 Å². The van der Waals surface area contributed by atoms with E-state index in [9.17, 15) is 0 Å². The summed E-state index contributed by atoms with van der Waals surface area (Å²) in [6, 6.07) is 59.2. The lowest BCUT2D eigenvalue weighted by molar-refractivity contribution is 0.0557. The molecule has 4 saturated carbocycles. The molecule has 0 N–H and O–H groups in total. The predicted molar refractivity (Wildman–Crippen MR) is 246 cm³/mol. The molecule has 6 aliphatic rings. The van der Waals surface area contributed by atoms with Gasteiger partial charge in [0.2, 0.25) is 0 Å². The number of hydrogen-bond acceptors (Lipinski definition) is 1. The Morgan fingerprint density at radius 1 is 0.492 bits per heavy atom. The third-order valence-electron chi connectivity index (χ3n) is 17.1. The lowest BCUT2D eigenvalue weighted by Crippen LogP contribution is -2.48. The summed E-state index contributed by atoms with van der Waals surface area (Å²) in [5, 5.41) is 2.59. The van der Waals surface area contributed by atoms with E-state index in [4.69, 9.17) is 0 Å². The van der Waals surface area contributed by atoms with Crippen LogP contribution in [0.3, 0.4) is 0 Å². The molecule has 1 nitrogen and oxygen atoms in total. The van der Waals surface area contributed by atoms with E-state index >= 15 is 0 Å². The van der Waals surface area contributed by atoms with E-state index in [0.717, 1.165) is 17.8 Å². The third kappa shape index (κ3) is 4.68. The van der Waals surface area contributed by atoms with E-state index in [1.807, 2.05) is 0 Å². The predicted octanol–water partition coefficient (Wildman–Crippen LogP) is 15.6. The van der Waals surface area contributed by atoms with Gasteiger partial charge >= 0.3 is 0 Å². The van der Waals surface area contributed by atoms with Crippen LogP contribution in [0.15, 0.2) is 152 Å². The Morgan fingerprint density at radius 2 is 1.17 bits per heavy atom. The van der Waals surface area contributed by atoms with E-state index in [2.05, 4.69) is 163 Å². The van der Waals surface area contributed by atoms with Crippen molar-refractivity contribution in [2.45, 2.75) is 82.0 Å². The summed E-state index contributed by atoms with van der Waals surface area (Å²) in [4.78, 5) is 2.60. The van der Waals surface area contributed by atoms with Gasteiger partial charge in [0, 0.05) is 27.9 Å². The number of hydrogen-bond donors (Lipinski definition) is 0. The summed E-state index contributed by atoms with van der Waals surface area (Å²) in [6.07, 6.45) is 13.6. The number of nitrogens with zero attached hydrogens (tertiary/aromatic N) is 1. The summed E-state index contributed by atoms with van der Waals surface area (Å²) in [5.74, 6) is 3.86. The van der Waals surface area contributed by atoms with Crippen LogP contribution in [0.2, 0.25) is 0 Å². The van der Waals surface area contributed by atoms with Crippen molar-refractivity contribution in [1.82, 2.24) is 0 Å². The average molecular weight is 764 g/mol. The largest absolute Gasteiger partial charge is 0.310 e. The Kier molecular flexibility index (Phi) is 7.48. The molecule has 0 saturated heterocycles. The van der Waals surface area contributed by atoms with E-state index in [-0.39, 0.29) is 10.8 Å². The number of fused-ring (bicyclic) bond motifs is 17. The molecule has 0 radical (unpaired) electrons. The van der Waals surface area contributed by atoms with Gasteiger partial charge in [-0.25, -0.2) is 0 Å². The quantitative estimate of drug-likeness (QED) is 0.169. The monoisotopic (exact) mass is 763 g/mol. The van der Waals surface area contributed by atoms with Gasteiger partial charge < -0.3 is 4.90 Å². The van der Waals surface area contributed by atoms with Gasteiger partial charge in [0.15, 0.2) is 0 Å². The van der Waals surface area contributed by atoms with Gasteiger partial charge in [-0.1, -0.05) is 148 Å². The Balaban J connectivity index is 1.01. The lowest BCUT2D eigenvalue weighted by atomic mass is 9.50. The first kappa shape index (κ1) is 34.5. The first-order chi connectivity index (χ1) is 29.1. The fourth-order valence-electron chi connectivity index (χ4n) is 14.9. The number of benzene rings is 7. The molecule has 4 bridgehead atoms. The van der Waals surface area contributed by atoms with Crippen molar-refractivity contribution in [1.29, 1.82) is 0 Å². The van der Waals surface area contributed by atoms with Gasteiger partial charge in [0.25, 0.3) is 0 Å². The maximum absolute atomic E-state index is 2.67. The number of rotatable bonds is 5. The van der Waals surface area contributed by atoms with E-state index < -0.39 is 0 Å². The highest BCUT2D eigenvalue weighted by atomic mass is 15.1. The Bertz CT molecular complexity index is 2800. The zero-order valence-electron chi connectivity index (χ0n) is 34.3. The zero-order valence-corrected chi connectivity index (χ0v) is 34.3. The van der Waals surface area contributed by atoms with Crippen LogP contribution in [0, 0.1) is 29.6 Å². The van der Waals surface area contributed by atoms with Crippen LogP contribution in [-0.4, -0.2) is 0 Å². The highest BCUT2D eigenvalue weighted by molar-refractivity contribution is 5.97. The summed E-state index contributed by atoms with van der Waals surface area (Å²) < 4.78 is 0. The minimum Gasteiger partial charge on any atom is -0.310 e. The molecule has 6 aliphatic carbocycles. The van der Waals surface area contributed by atoms with Crippen LogP contribution < -0.4 is 4.90 Å². The molecular weight excluding hydrogens is 711 g/mol. The van der Waals surface area contributed by atoms with E-state index in [1.54, 1.807) is 22.3 Å². The van der Waals surface area contributed by atoms with Crippen molar-refractivity contribution in [3.05, 3.63) is 174 Å². The van der Waals surface area contributed by atoms with Crippen molar-refractivity contribution in [2.75, 3.05) is 4.90 Å². The third-order valence-corrected chi connectivity index (χ3v) is 17.1.